The maximum Gasteiger partial charge on any atom is 0.160 e. The molecule has 0 unspecified atom stereocenters. The van der Waals surface area contributed by atoms with Gasteiger partial charge in [-0.25, -0.2) is 0 Å². The van der Waals surface area contributed by atoms with E-state index in [0.29, 0.717) is 11.3 Å². The van der Waals surface area contributed by atoms with E-state index >= 15 is 0 Å². The summed E-state index contributed by atoms with van der Waals surface area (Å²) in [5.74, 6) is 1.53. The summed E-state index contributed by atoms with van der Waals surface area (Å²) in [5, 5.41) is 0. The van der Waals surface area contributed by atoms with E-state index in [1.165, 1.54) is 5.56 Å². The minimum Gasteiger partial charge on any atom is -0.457 e. The second-order valence-corrected chi connectivity index (χ2v) is 6.93. The van der Waals surface area contributed by atoms with Gasteiger partial charge in [0.2, 0.25) is 0 Å². The van der Waals surface area contributed by atoms with E-state index in [1.807, 2.05) is 30.3 Å². The lowest BCUT2D eigenvalue weighted by Crippen LogP contribution is -2.10. The van der Waals surface area contributed by atoms with Crippen LogP contribution in [-0.2, 0) is 5.41 Å². The number of Topliss-reactive ketones (excluding diaryl/α,β-unsaturated/α-hetero) is 1. The Labute approximate surface area is 134 Å². The Balaban J connectivity index is 2.27. The minimum absolute atomic E-state index is 0.0307. The van der Waals surface area contributed by atoms with Crippen molar-refractivity contribution in [1.82, 2.24) is 0 Å². The summed E-state index contributed by atoms with van der Waals surface area (Å²) in [5.41, 5.74) is 1.96. The fraction of sp³-hybridized carbons (Fsp3) is 0.278. The van der Waals surface area contributed by atoms with Crippen LogP contribution in [-0.4, -0.2) is 5.78 Å². The van der Waals surface area contributed by atoms with Gasteiger partial charge in [-0.3, -0.25) is 4.79 Å². The summed E-state index contributed by atoms with van der Waals surface area (Å²) in [6, 6.07) is 13.5. The van der Waals surface area contributed by atoms with Crippen molar-refractivity contribution >= 4 is 21.7 Å². The highest BCUT2D eigenvalue weighted by molar-refractivity contribution is 9.10. The summed E-state index contributed by atoms with van der Waals surface area (Å²) in [4.78, 5) is 11.4. The number of carbonyl (C=O) groups excluding carboxylic acids is 1. The number of halogens is 1. The lowest BCUT2D eigenvalue weighted by molar-refractivity contribution is 0.101. The Morgan fingerprint density at radius 3 is 2.29 bits per heavy atom. The zero-order valence-corrected chi connectivity index (χ0v) is 14.3. The molecule has 2 aromatic carbocycles. The Bertz CT molecular complexity index is 669. The molecule has 2 aromatic rings. The van der Waals surface area contributed by atoms with Crippen molar-refractivity contribution in [3.63, 3.8) is 0 Å². The van der Waals surface area contributed by atoms with Gasteiger partial charge in [0.25, 0.3) is 0 Å². The average molecular weight is 347 g/mol. The molecule has 0 aliphatic heterocycles. The standard InChI is InChI=1S/C18H19BrO2/c1-12(20)16-9-8-15(11-17(16)19)21-14-7-5-6-13(10-14)18(2,3)4/h5-11H,1-4H3. The van der Waals surface area contributed by atoms with E-state index in [4.69, 9.17) is 4.74 Å². The Hall–Kier alpha value is -1.61. The zero-order valence-electron chi connectivity index (χ0n) is 12.7. The predicted octanol–water partition coefficient (Wildman–Crippen LogP) is 5.74. The van der Waals surface area contributed by atoms with Crippen molar-refractivity contribution in [3.8, 4) is 11.5 Å². The van der Waals surface area contributed by atoms with Gasteiger partial charge in [-0.2, -0.15) is 0 Å². The van der Waals surface area contributed by atoms with Crippen LogP contribution in [0.1, 0.15) is 43.6 Å². The summed E-state index contributed by atoms with van der Waals surface area (Å²) in [7, 11) is 0. The van der Waals surface area contributed by atoms with Crippen LogP contribution in [0.2, 0.25) is 0 Å². The lowest BCUT2D eigenvalue weighted by Gasteiger charge is -2.19. The molecule has 0 atom stereocenters. The van der Waals surface area contributed by atoms with Gasteiger partial charge >= 0.3 is 0 Å². The van der Waals surface area contributed by atoms with Crippen LogP contribution >= 0.6 is 15.9 Å². The first kappa shape index (κ1) is 15.8. The molecule has 0 N–H and O–H groups in total. The smallest absolute Gasteiger partial charge is 0.160 e. The van der Waals surface area contributed by atoms with Crippen molar-refractivity contribution in [2.45, 2.75) is 33.1 Å². The topological polar surface area (TPSA) is 26.3 Å². The fourth-order valence-corrected chi connectivity index (χ4v) is 2.64. The van der Waals surface area contributed by atoms with E-state index in [1.54, 1.807) is 13.0 Å². The van der Waals surface area contributed by atoms with Crippen LogP contribution in [0.4, 0.5) is 0 Å². The number of carbonyl (C=O) groups is 1. The number of benzene rings is 2. The molecule has 0 saturated carbocycles. The molecule has 0 amide bonds. The summed E-state index contributed by atoms with van der Waals surface area (Å²) in [6.45, 7) is 8.06. The Kier molecular flexibility index (Phi) is 4.52. The number of rotatable bonds is 3. The molecule has 2 nitrogen and oxygen atoms in total. The first-order valence-electron chi connectivity index (χ1n) is 6.86. The Morgan fingerprint density at radius 1 is 1.05 bits per heavy atom. The van der Waals surface area contributed by atoms with Crippen molar-refractivity contribution in [1.29, 1.82) is 0 Å². The molecule has 0 fully saturated rings. The van der Waals surface area contributed by atoms with Gasteiger partial charge in [0.1, 0.15) is 11.5 Å². The third-order valence-corrected chi connectivity index (χ3v) is 3.91. The maximum atomic E-state index is 11.4. The Morgan fingerprint density at radius 2 is 1.71 bits per heavy atom. The number of hydrogen-bond donors (Lipinski definition) is 0. The normalized spacial score (nSPS) is 11.3. The van der Waals surface area contributed by atoms with Crippen LogP contribution in [0.3, 0.4) is 0 Å². The van der Waals surface area contributed by atoms with Crippen molar-refractivity contribution < 1.29 is 9.53 Å². The van der Waals surface area contributed by atoms with E-state index in [9.17, 15) is 4.79 Å². The van der Waals surface area contributed by atoms with Gasteiger partial charge in [-0.1, -0.05) is 32.9 Å². The summed E-state index contributed by atoms with van der Waals surface area (Å²) < 4.78 is 6.64. The van der Waals surface area contributed by atoms with E-state index in [-0.39, 0.29) is 11.2 Å². The first-order chi connectivity index (χ1) is 9.77. The average Bonchev–Trinajstić information content (AvgIpc) is 2.37. The van der Waals surface area contributed by atoms with Gasteiger partial charge in [0, 0.05) is 10.0 Å². The molecule has 0 bridgehead atoms. The third-order valence-electron chi connectivity index (χ3n) is 3.26. The van der Waals surface area contributed by atoms with Gasteiger partial charge in [-0.05, 0) is 64.2 Å². The quantitative estimate of drug-likeness (QED) is 0.662. The van der Waals surface area contributed by atoms with E-state index < -0.39 is 0 Å². The third kappa shape index (κ3) is 3.94. The van der Waals surface area contributed by atoms with E-state index in [2.05, 4.69) is 42.8 Å². The molecule has 21 heavy (non-hydrogen) atoms. The molecular weight excluding hydrogens is 328 g/mol. The maximum absolute atomic E-state index is 11.4. The molecule has 3 heteroatoms. The minimum atomic E-state index is 0.0307. The van der Waals surface area contributed by atoms with Gasteiger partial charge in [0.15, 0.2) is 5.78 Å². The van der Waals surface area contributed by atoms with Crippen LogP contribution in [0.25, 0.3) is 0 Å². The highest BCUT2D eigenvalue weighted by Gasteiger charge is 2.14. The van der Waals surface area contributed by atoms with Crippen LogP contribution < -0.4 is 4.74 Å². The first-order valence-corrected chi connectivity index (χ1v) is 7.65. The molecule has 110 valence electrons. The molecule has 0 spiro atoms. The van der Waals surface area contributed by atoms with Crippen molar-refractivity contribution in [2.24, 2.45) is 0 Å². The summed E-state index contributed by atoms with van der Waals surface area (Å²) in [6.07, 6.45) is 0. The lowest BCUT2D eigenvalue weighted by atomic mass is 9.87. The second kappa shape index (κ2) is 6.02. The number of ether oxygens (including phenoxy) is 1. The summed E-state index contributed by atoms with van der Waals surface area (Å²) >= 11 is 3.41. The molecule has 0 aliphatic carbocycles. The number of ketones is 1. The highest BCUT2D eigenvalue weighted by Crippen LogP contribution is 2.30. The van der Waals surface area contributed by atoms with Crippen molar-refractivity contribution in [2.75, 3.05) is 0 Å². The molecule has 0 radical (unpaired) electrons. The van der Waals surface area contributed by atoms with Crippen molar-refractivity contribution in [3.05, 3.63) is 58.1 Å². The molecular formula is C18H19BrO2. The molecule has 0 aliphatic rings. The van der Waals surface area contributed by atoms with Gasteiger partial charge in [-0.15, -0.1) is 0 Å². The molecule has 0 heterocycles. The molecule has 0 aromatic heterocycles. The van der Waals surface area contributed by atoms with Gasteiger partial charge in [0.05, 0.1) is 0 Å². The van der Waals surface area contributed by atoms with Crippen LogP contribution in [0.5, 0.6) is 11.5 Å². The number of hydrogen-bond acceptors (Lipinski definition) is 2. The highest BCUT2D eigenvalue weighted by atomic mass is 79.9. The predicted molar refractivity (Wildman–Crippen MR) is 89.4 cm³/mol. The zero-order chi connectivity index (χ0) is 15.6. The molecule has 2 rings (SSSR count). The van der Waals surface area contributed by atoms with Gasteiger partial charge < -0.3 is 4.74 Å². The van der Waals surface area contributed by atoms with Crippen LogP contribution in [0, 0.1) is 0 Å². The SMILES string of the molecule is CC(=O)c1ccc(Oc2cccc(C(C)(C)C)c2)cc1Br. The fourth-order valence-electron chi connectivity index (χ4n) is 2.01. The molecule has 0 saturated heterocycles. The second-order valence-electron chi connectivity index (χ2n) is 6.08. The largest absolute Gasteiger partial charge is 0.457 e. The monoisotopic (exact) mass is 346 g/mol. The van der Waals surface area contributed by atoms with Crippen LogP contribution in [0.15, 0.2) is 46.9 Å². The van der Waals surface area contributed by atoms with E-state index in [0.717, 1.165) is 10.2 Å².